The summed E-state index contributed by atoms with van der Waals surface area (Å²) in [6, 6.07) is 0. The highest BCUT2D eigenvalue weighted by Crippen LogP contribution is 2.07. The Labute approximate surface area is 313 Å². The first-order valence-corrected chi connectivity index (χ1v) is 17.9. The van der Waals surface area contributed by atoms with Crippen molar-refractivity contribution in [2.24, 2.45) is 0 Å². The second kappa shape index (κ2) is 38.6. The summed E-state index contributed by atoms with van der Waals surface area (Å²) in [7, 11) is 4.30. The zero-order valence-corrected chi connectivity index (χ0v) is 32.5. The molecule has 6 N–H and O–H groups in total. The van der Waals surface area contributed by atoms with Gasteiger partial charge in [0.15, 0.2) is 18.9 Å². The molecule has 0 fully saturated rings. The van der Waals surface area contributed by atoms with Crippen LogP contribution in [0.4, 0.5) is 0 Å². The average Bonchev–Trinajstić information content (AvgIpc) is 3.15. The van der Waals surface area contributed by atoms with Crippen molar-refractivity contribution in [2.75, 3.05) is 73.3 Å². The highest BCUT2D eigenvalue weighted by Gasteiger charge is 2.18. The lowest BCUT2D eigenvalue weighted by molar-refractivity contribution is -0.194. The number of carbonyl (C=O) groups is 4. The van der Waals surface area contributed by atoms with Crippen molar-refractivity contribution in [3.05, 3.63) is 0 Å². The van der Waals surface area contributed by atoms with E-state index in [2.05, 4.69) is 17.9 Å². The van der Waals surface area contributed by atoms with Crippen molar-refractivity contribution in [1.82, 2.24) is 5.32 Å². The van der Waals surface area contributed by atoms with Crippen molar-refractivity contribution >= 4 is 36.4 Å². The molecule has 6 atom stereocenters. The highest BCUT2D eigenvalue weighted by molar-refractivity contribution is 7.80. The van der Waals surface area contributed by atoms with E-state index in [0.717, 1.165) is 0 Å². The number of methoxy groups -OCH3 is 3. The average molecular weight is 780 g/mol. The molecule has 0 bridgehead atoms. The molecule has 0 saturated heterocycles. The Morgan fingerprint density at radius 2 is 0.981 bits per heavy atom. The molecule has 0 radical (unpaired) electrons. The number of hydrogen-bond donors (Lipinski definition) is 7. The summed E-state index contributed by atoms with van der Waals surface area (Å²) in [5, 5.41) is 46.4. The third-order valence-electron chi connectivity index (χ3n) is 6.70. The Kier molecular flexibility index (Phi) is 40.2. The Bertz CT molecular complexity index is 846. The fourth-order valence-corrected chi connectivity index (χ4v) is 3.59. The number of ether oxygens (including phenoxy) is 8. The SMILES string of the molecule is CCC(CO)OC(CO)OC.CCC(CO)OC(COC(=O)CCCC(=O)NCCS)OC.CCC(CO)OC(COC(=O)CCCC(=O)O)OC. The number of hydrogen-bond acceptors (Lipinski definition) is 17. The van der Waals surface area contributed by atoms with Crippen LogP contribution in [0, 0.1) is 0 Å². The summed E-state index contributed by atoms with van der Waals surface area (Å²) < 4.78 is 40.6. The molecule has 19 heteroatoms. The van der Waals surface area contributed by atoms with Gasteiger partial charge in [-0.3, -0.25) is 19.2 Å². The number of aliphatic hydroxyl groups excluding tert-OH is 4. The van der Waals surface area contributed by atoms with Gasteiger partial charge in [0.2, 0.25) is 5.91 Å². The van der Waals surface area contributed by atoms with Gasteiger partial charge in [-0.2, -0.15) is 12.6 Å². The van der Waals surface area contributed by atoms with Gasteiger partial charge in [-0.15, -0.1) is 0 Å². The van der Waals surface area contributed by atoms with Gasteiger partial charge >= 0.3 is 17.9 Å². The Hall–Kier alpha value is -2.17. The summed E-state index contributed by atoms with van der Waals surface area (Å²) in [6.45, 7) is 5.52. The van der Waals surface area contributed by atoms with Crippen LogP contribution in [-0.2, 0) is 57.1 Å². The predicted octanol–water partition coefficient (Wildman–Crippen LogP) is 0.789. The Balaban J connectivity index is -0.000000730. The van der Waals surface area contributed by atoms with E-state index in [1.54, 1.807) is 0 Å². The third kappa shape index (κ3) is 33.7. The minimum atomic E-state index is -0.945. The van der Waals surface area contributed by atoms with E-state index in [9.17, 15) is 19.2 Å². The minimum Gasteiger partial charge on any atom is -0.481 e. The van der Waals surface area contributed by atoms with Gasteiger partial charge in [-0.1, -0.05) is 20.8 Å². The van der Waals surface area contributed by atoms with Crippen LogP contribution in [0.15, 0.2) is 0 Å². The van der Waals surface area contributed by atoms with E-state index in [1.165, 1.54) is 21.3 Å². The van der Waals surface area contributed by atoms with Crippen molar-refractivity contribution in [3.8, 4) is 0 Å². The molecule has 52 heavy (non-hydrogen) atoms. The molecule has 0 heterocycles. The summed E-state index contributed by atoms with van der Waals surface area (Å²) in [5.41, 5.74) is 0. The second-order valence-electron chi connectivity index (χ2n) is 10.8. The number of rotatable bonds is 30. The van der Waals surface area contributed by atoms with Gasteiger partial charge in [0.25, 0.3) is 0 Å². The van der Waals surface area contributed by atoms with Gasteiger partial charge in [0, 0.05) is 59.3 Å². The number of carboxylic acid groups (broad SMARTS) is 1. The standard InChI is InChI=1S/C14H27NO6S.C12H22O7.C7H16O4/c1-3-11(9-16)21-14(19-2)10-20-13(18)6-4-5-12(17)15-7-8-22;1-3-9(7-13)19-12(17-2)8-18-11(16)6-4-5-10(14)15;1-3-6(4-8)11-7(5-9)10-2/h11,14,16,22H,3-10H2,1-2H3,(H,15,17);9,12-13H,3-8H2,1-2H3,(H,14,15);6-9H,3-5H2,1-2H3. The maximum atomic E-state index is 11.6. The highest BCUT2D eigenvalue weighted by atomic mass is 32.1. The van der Waals surface area contributed by atoms with Gasteiger partial charge in [0.05, 0.1) is 44.7 Å². The molecular weight excluding hydrogens is 714 g/mol. The van der Waals surface area contributed by atoms with E-state index in [0.29, 0.717) is 38.0 Å². The molecule has 0 aliphatic carbocycles. The molecule has 18 nitrogen and oxygen atoms in total. The number of aliphatic carboxylic acids is 1. The number of amides is 1. The summed E-state index contributed by atoms with van der Waals surface area (Å²) in [5.74, 6) is -1.37. The van der Waals surface area contributed by atoms with Crippen LogP contribution < -0.4 is 5.32 Å². The first-order valence-electron chi connectivity index (χ1n) is 17.3. The molecule has 0 aromatic rings. The number of aliphatic hydroxyl groups is 4. The zero-order valence-electron chi connectivity index (χ0n) is 31.6. The van der Waals surface area contributed by atoms with Gasteiger partial charge in [-0.25, -0.2) is 0 Å². The molecule has 0 saturated carbocycles. The monoisotopic (exact) mass is 779 g/mol. The molecule has 0 aromatic heterocycles. The molecule has 0 aliphatic heterocycles. The quantitative estimate of drug-likeness (QED) is 0.0302. The first kappa shape index (κ1) is 54.2. The Morgan fingerprint density at radius 3 is 1.29 bits per heavy atom. The lowest BCUT2D eigenvalue weighted by Crippen LogP contribution is -2.30. The fraction of sp³-hybridized carbons (Fsp3) is 0.879. The van der Waals surface area contributed by atoms with Gasteiger partial charge < -0.3 is 68.7 Å². The smallest absolute Gasteiger partial charge is 0.305 e. The van der Waals surface area contributed by atoms with Crippen molar-refractivity contribution in [1.29, 1.82) is 0 Å². The lowest BCUT2D eigenvalue weighted by atomic mass is 10.2. The summed E-state index contributed by atoms with van der Waals surface area (Å²) >= 11 is 3.98. The maximum absolute atomic E-state index is 11.6. The van der Waals surface area contributed by atoms with Crippen LogP contribution in [-0.4, -0.2) is 160 Å². The maximum Gasteiger partial charge on any atom is 0.305 e. The third-order valence-corrected chi connectivity index (χ3v) is 6.92. The Morgan fingerprint density at radius 1 is 0.596 bits per heavy atom. The van der Waals surface area contributed by atoms with Crippen LogP contribution >= 0.6 is 12.6 Å². The topological polar surface area (TPSA) is 255 Å². The van der Waals surface area contributed by atoms with Gasteiger partial charge in [-0.05, 0) is 32.1 Å². The molecule has 0 rings (SSSR count). The van der Waals surface area contributed by atoms with Crippen molar-refractivity contribution < 1.29 is 82.6 Å². The number of esters is 2. The largest absolute Gasteiger partial charge is 0.481 e. The van der Waals surface area contributed by atoms with Crippen LogP contribution in [0.25, 0.3) is 0 Å². The van der Waals surface area contributed by atoms with E-state index in [-0.39, 0.29) is 96.0 Å². The molecular formula is C33H65NO17S. The molecule has 6 unspecified atom stereocenters. The molecule has 1 amide bonds. The minimum absolute atomic E-state index is 0.0416. The molecule has 310 valence electrons. The first-order chi connectivity index (χ1) is 24.9. The van der Waals surface area contributed by atoms with Gasteiger partial charge in [0.1, 0.15) is 13.2 Å². The normalized spacial score (nSPS) is 14.2. The van der Waals surface area contributed by atoms with Crippen LogP contribution in [0.5, 0.6) is 0 Å². The number of thiol groups is 1. The lowest BCUT2D eigenvalue weighted by Gasteiger charge is -2.21. The van der Waals surface area contributed by atoms with Crippen molar-refractivity contribution in [3.63, 3.8) is 0 Å². The summed E-state index contributed by atoms with van der Waals surface area (Å²) in [6.07, 6.45) is -0.0103. The van der Waals surface area contributed by atoms with Crippen LogP contribution in [0.3, 0.4) is 0 Å². The number of carbonyl (C=O) groups excluding carboxylic acids is 3. The molecule has 0 aromatic carbocycles. The van der Waals surface area contributed by atoms with E-state index < -0.39 is 36.8 Å². The van der Waals surface area contributed by atoms with E-state index in [1.807, 2.05) is 20.8 Å². The van der Waals surface area contributed by atoms with Crippen LogP contribution in [0.1, 0.15) is 78.6 Å². The molecule has 0 aliphatic rings. The summed E-state index contributed by atoms with van der Waals surface area (Å²) in [4.78, 5) is 44.4. The predicted molar refractivity (Wildman–Crippen MR) is 190 cm³/mol. The zero-order chi connectivity index (χ0) is 40.2. The fourth-order valence-electron chi connectivity index (χ4n) is 3.48. The number of nitrogens with one attached hydrogen (secondary N) is 1. The molecule has 0 spiro atoms. The van der Waals surface area contributed by atoms with Crippen LogP contribution in [0.2, 0.25) is 0 Å². The van der Waals surface area contributed by atoms with E-state index >= 15 is 0 Å². The van der Waals surface area contributed by atoms with Crippen molar-refractivity contribution in [2.45, 2.75) is 116 Å². The van der Waals surface area contributed by atoms with E-state index in [4.69, 9.17) is 63.4 Å². The second-order valence-corrected chi connectivity index (χ2v) is 11.2. The number of carboxylic acids is 1.